The van der Waals surface area contributed by atoms with Crippen molar-refractivity contribution in [1.82, 2.24) is 15.2 Å². The molecule has 2 aromatic rings. The Morgan fingerprint density at radius 2 is 1.85 bits per heavy atom. The maximum absolute atomic E-state index is 12.3. The van der Waals surface area contributed by atoms with Crippen LogP contribution in [0.1, 0.15) is 24.2 Å². The maximum atomic E-state index is 12.3. The Hall–Kier alpha value is -2.73. The lowest BCUT2D eigenvalue weighted by Gasteiger charge is -2.21. The highest BCUT2D eigenvalue weighted by molar-refractivity contribution is 5.86. The van der Waals surface area contributed by atoms with Crippen LogP contribution in [-0.2, 0) is 16.0 Å². The zero-order valence-corrected chi connectivity index (χ0v) is 15.3. The summed E-state index contributed by atoms with van der Waals surface area (Å²) in [5.74, 6) is -0.799. The molecule has 1 aromatic carbocycles. The van der Waals surface area contributed by atoms with Gasteiger partial charge in [-0.25, -0.2) is 0 Å². The van der Waals surface area contributed by atoms with Crippen molar-refractivity contribution in [2.45, 2.75) is 19.4 Å². The molecule has 3 N–H and O–H groups in total. The minimum absolute atomic E-state index is 0.0383. The molecule has 2 unspecified atom stereocenters. The summed E-state index contributed by atoms with van der Waals surface area (Å²) >= 11 is 0. The normalized spacial score (nSPS) is 12.9. The predicted octanol–water partition coefficient (Wildman–Crippen LogP) is 1.53. The first-order valence-electron chi connectivity index (χ1n) is 8.71. The van der Waals surface area contributed by atoms with Gasteiger partial charge in [-0.05, 0) is 17.7 Å². The van der Waals surface area contributed by atoms with E-state index in [9.17, 15) is 9.59 Å². The molecule has 6 nitrogen and oxygen atoms in total. The summed E-state index contributed by atoms with van der Waals surface area (Å²) in [5, 5.41) is 2.69. The van der Waals surface area contributed by atoms with Crippen LogP contribution in [0.5, 0.6) is 0 Å². The highest BCUT2D eigenvalue weighted by Gasteiger charge is 2.22. The van der Waals surface area contributed by atoms with Crippen LogP contribution in [0.4, 0.5) is 0 Å². The predicted molar refractivity (Wildman–Crippen MR) is 101 cm³/mol. The van der Waals surface area contributed by atoms with Gasteiger partial charge in [0, 0.05) is 37.9 Å². The SMILES string of the molecule is CC(C(=O)NCC(=O)N(C)CCc1ccccn1)C(N)c1ccccc1. The smallest absolute Gasteiger partial charge is 0.241 e. The molecule has 1 aromatic heterocycles. The Morgan fingerprint density at radius 1 is 1.15 bits per heavy atom. The van der Waals surface area contributed by atoms with Crippen LogP contribution in [0.25, 0.3) is 0 Å². The van der Waals surface area contributed by atoms with E-state index < -0.39 is 12.0 Å². The average molecular weight is 354 g/mol. The first-order chi connectivity index (χ1) is 12.5. The van der Waals surface area contributed by atoms with Gasteiger partial charge in [-0.2, -0.15) is 0 Å². The summed E-state index contributed by atoms with van der Waals surface area (Å²) < 4.78 is 0. The van der Waals surface area contributed by atoms with Crippen LogP contribution in [0.3, 0.4) is 0 Å². The van der Waals surface area contributed by atoms with Crippen molar-refractivity contribution < 1.29 is 9.59 Å². The monoisotopic (exact) mass is 354 g/mol. The molecule has 6 heteroatoms. The lowest BCUT2D eigenvalue weighted by molar-refractivity contribution is -0.133. The number of amides is 2. The number of carbonyl (C=O) groups is 2. The van der Waals surface area contributed by atoms with Gasteiger partial charge in [0.25, 0.3) is 0 Å². The minimum Gasteiger partial charge on any atom is -0.347 e. The van der Waals surface area contributed by atoms with Gasteiger partial charge in [0.15, 0.2) is 0 Å². The number of hydrogen-bond donors (Lipinski definition) is 2. The first-order valence-corrected chi connectivity index (χ1v) is 8.71. The molecule has 0 fully saturated rings. The molecule has 0 bridgehead atoms. The summed E-state index contributed by atoms with van der Waals surface area (Å²) in [6.07, 6.45) is 2.40. The summed E-state index contributed by atoms with van der Waals surface area (Å²) in [4.78, 5) is 30.3. The Kier molecular flexibility index (Phi) is 7.29. The first kappa shape index (κ1) is 19.6. The molecule has 0 aliphatic rings. The number of likely N-dealkylation sites (N-methyl/N-ethyl adjacent to an activating group) is 1. The largest absolute Gasteiger partial charge is 0.347 e. The molecule has 2 atom stereocenters. The number of nitrogens with zero attached hydrogens (tertiary/aromatic N) is 2. The van der Waals surface area contributed by atoms with Gasteiger partial charge in [0.2, 0.25) is 11.8 Å². The Bertz CT molecular complexity index is 706. The average Bonchev–Trinajstić information content (AvgIpc) is 2.70. The van der Waals surface area contributed by atoms with Gasteiger partial charge in [-0.15, -0.1) is 0 Å². The molecule has 0 radical (unpaired) electrons. The topological polar surface area (TPSA) is 88.3 Å². The molecular weight excluding hydrogens is 328 g/mol. The Labute approximate surface area is 154 Å². The third-order valence-corrected chi connectivity index (χ3v) is 4.41. The van der Waals surface area contributed by atoms with Crippen molar-refractivity contribution in [3.05, 3.63) is 66.0 Å². The van der Waals surface area contributed by atoms with Crippen molar-refractivity contribution in [2.75, 3.05) is 20.1 Å². The highest BCUT2D eigenvalue weighted by atomic mass is 16.2. The molecular formula is C20H26N4O2. The molecule has 1 heterocycles. The van der Waals surface area contributed by atoms with E-state index in [1.54, 1.807) is 25.1 Å². The van der Waals surface area contributed by atoms with Gasteiger partial charge in [0.1, 0.15) is 0 Å². The number of nitrogens with one attached hydrogen (secondary N) is 1. The lowest BCUT2D eigenvalue weighted by atomic mass is 9.95. The van der Waals surface area contributed by atoms with Gasteiger partial charge in [-0.3, -0.25) is 14.6 Å². The number of hydrogen-bond acceptors (Lipinski definition) is 4. The van der Waals surface area contributed by atoms with Crippen molar-refractivity contribution >= 4 is 11.8 Å². The van der Waals surface area contributed by atoms with E-state index >= 15 is 0 Å². The van der Waals surface area contributed by atoms with Crippen molar-refractivity contribution in [2.24, 2.45) is 11.7 Å². The van der Waals surface area contributed by atoms with E-state index in [1.165, 1.54) is 0 Å². The minimum atomic E-state index is -0.427. The van der Waals surface area contributed by atoms with Crippen LogP contribution in [0.2, 0.25) is 0 Å². The molecule has 138 valence electrons. The zero-order chi connectivity index (χ0) is 18.9. The fourth-order valence-electron chi connectivity index (χ4n) is 2.54. The summed E-state index contributed by atoms with van der Waals surface area (Å²) in [7, 11) is 1.72. The van der Waals surface area contributed by atoms with Crippen LogP contribution in [-0.4, -0.2) is 41.8 Å². The number of benzene rings is 1. The molecule has 2 amide bonds. The van der Waals surface area contributed by atoms with E-state index in [0.29, 0.717) is 13.0 Å². The van der Waals surface area contributed by atoms with E-state index in [4.69, 9.17) is 5.73 Å². The summed E-state index contributed by atoms with van der Waals surface area (Å²) in [5.41, 5.74) is 7.98. The number of rotatable bonds is 8. The van der Waals surface area contributed by atoms with E-state index in [1.807, 2.05) is 48.5 Å². The molecule has 0 aliphatic heterocycles. The lowest BCUT2D eigenvalue weighted by Crippen LogP contribution is -2.42. The van der Waals surface area contributed by atoms with Gasteiger partial charge in [-0.1, -0.05) is 43.3 Å². The van der Waals surface area contributed by atoms with Crippen LogP contribution >= 0.6 is 0 Å². The van der Waals surface area contributed by atoms with Crippen molar-refractivity contribution in [3.8, 4) is 0 Å². The van der Waals surface area contributed by atoms with E-state index in [2.05, 4.69) is 10.3 Å². The van der Waals surface area contributed by atoms with Crippen LogP contribution in [0.15, 0.2) is 54.7 Å². The van der Waals surface area contributed by atoms with Gasteiger partial charge in [0.05, 0.1) is 12.5 Å². The second-order valence-electron chi connectivity index (χ2n) is 6.33. The molecule has 0 aliphatic carbocycles. The third kappa shape index (κ3) is 5.67. The maximum Gasteiger partial charge on any atom is 0.241 e. The van der Waals surface area contributed by atoms with Gasteiger partial charge < -0.3 is 16.0 Å². The van der Waals surface area contributed by atoms with Crippen molar-refractivity contribution in [3.63, 3.8) is 0 Å². The van der Waals surface area contributed by atoms with Crippen molar-refractivity contribution in [1.29, 1.82) is 0 Å². The standard InChI is InChI=1S/C20H26N4O2/c1-15(19(21)16-8-4-3-5-9-16)20(26)23-14-18(25)24(2)13-11-17-10-6-7-12-22-17/h3-10,12,15,19H,11,13-14,21H2,1-2H3,(H,23,26). The van der Waals surface area contributed by atoms with Crippen LogP contribution in [0, 0.1) is 5.92 Å². The van der Waals surface area contributed by atoms with E-state index in [-0.39, 0.29) is 18.4 Å². The number of carbonyl (C=O) groups excluding carboxylic acids is 2. The fraction of sp³-hybridized carbons (Fsp3) is 0.350. The van der Waals surface area contributed by atoms with E-state index in [0.717, 1.165) is 11.3 Å². The fourth-order valence-corrected chi connectivity index (χ4v) is 2.54. The van der Waals surface area contributed by atoms with Gasteiger partial charge >= 0.3 is 0 Å². The molecule has 26 heavy (non-hydrogen) atoms. The Morgan fingerprint density at radius 3 is 2.50 bits per heavy atom. The summed E-state index contributed by atoms with van der Waals surface area (Å²) in [6, 6.07) is 14.8. The zero-order valence-electron chi connectivity index (χ0n) is 15.3. The number of pyridine rings is 1. The molecule has 2 rings (SSSR count). The Balaban J connectivity index is 1.77. The molecule has 0 saturated carbocycles. The number of aromatic nitrogens is 1. The third-order valence-electron chi connectivity index (χ3n) is 4.41. The van der Waals surface area contributed by atoms with Crippen LogP contribution < -0.4 is 11.1 Å². The molecule has 0 spiro atoms. The summed E-state index contributed by atoms with van der Waals surface area (Å²) in [6.45, 7) is 2.27. The second kappa shape index (κ2) is 9.68. The quantitative estimate of drug-likeness (QED) is 0.752. The number of nitrogens with two attached hydrogens (primary N) is 1. The molecule has 0 saturated heterocycles. The second-order valence-corrected chi connectivity index (χ2v) is 6.33. The highest BCUT2D eigenvalue weighted by Crippen LogP contribution is 2.18.